The molecular formula is C12H16ClNO3. The van der Waals surface area contributed by atoms with Gasteiger partial charge in [-0.3, -0.25) is 9.63 Å². The van der Waals surface area contributed by atoms with E-state index in [1.165, 1.54) is 6.92 Å². The summed E-state index contributed by atoms with van der Waals surface area (Å²) in [4.78, 5) is 15.5. The normalized spacial score (nSPS) is 10.1. The van der Waals surface area contributed by atoms with Crippen LogP contribution >= 0.6 is 11.6 Å². The summed E-state index contributed by atoms with van der Waals surface area (Å²) >= 11 is 6.04. The molecule has 5 heteroatoms. The van der Waals surface area contributed by atoms with Gasteiger partial charge in [-0.15, -0.1) is 0 Å². The molecule has 0 aliphatic rings. The van der Waals surface area contributed by atoms with Crippen molar-refractivity contribution in [1.82, 2.24) is 5.48 Å². The summed E-state index contributed by atoms with van der Waals surface area (Å²) < 4.78 is 5.44. The van der Waals surface area contributed by atoms with E-state index in [2.05, 4.69) is 5.48 Å². The van der Waals surface area contributed by atoms with Crippen LogP contribution in [0, 0.1) is 0 Å². The predicted molar refractivity (Wildman–Crippen MR) is 65.8 cm³/mol. The van der Waals surface area contributed by atoms with Crippen LogP contribution in [0.25, 0.3) is 0 Å². The summed E-state index contributed by atoms with van der Waals surface area (Å²) in [5.74, 6) is 0.427. The summed E-state index contributed by atoms with van der Waals surface area (Å²) in [5, 5.41) is 0.544. The van der Waals surface area contributed by atoms with Gasteiger partial charge in [0.25, 0.3) is 0 Å². The Labute approximate surface area is 106 Å². The first kappa shape index (κ1) is 13.8. The molecule has 4 nitrogen and oxygen atoms in total. The molecule has 0 aliphatic heterocycles. The van der Waals surface area contributed by atoms with Crippen LogP contribution in [-0.2, 0) is 16.2 Å². The maximum atomic E-state index is 10.6. The van der Waals surface area contributed by atoms with E-state index in [1.807, 2.05) is 13.0 Å². The fraction of sp³-hybridized carbons (Fsp3) is 0.417. The maximum absolute atomic E-state index is 10.6. The van der Waals surface area contributed by atoms with E-state index in [0.717, 1.165) is 12.0 Å². The van der Waals surface area contributed by atoms with E-state index >= 15 is 0 Å². The van der Waals surface area contributed by atoms with Crippen molar-refractivity contribution in [2.45, 2.75) is 26.9 Å². The highest BCUT2D eigenvalue weighted by Gasteiger charge is 2.03. The minimum atomic E-state index is -0.237. The topological polar surface area (TPSA) is 47.6 Å². The van der Waals surface area contributed by atoms with Gasteiger partial charge in [-0.25, -0.2) is 5.48 Å². The molecule has 0 atom stereocenters. The van der Waals surface area contributed by atoms with Crippen molar-refractivity contribution in [3.63, 3.8) is 0 Å². The fourth-order valence-corrected chi connectivity index (χ4v) is 1.44. The number of hydrogen-bond donors (Lipinski definition) is 1. The van der Waals surface area contributed by atoms with Crippen LogP contribution in [0.5, 0.6) is 5.75 Å². The van der Waals surface area contributed by atoms with E-state index in [1.54, 1.807) is 12.1 Å². The number of halogens is 1. The maximum Gasteiger partial charge on any atom is 0.240 e. The van der Waals surface area contributed by atoms with Gasteiger partial charge in [-0.1, -0.05) is 24.6 Å². The average molecular weight is 258 g/mol. The quantitative estimate of drug-likeness (QED) is 0.797. The molecule has 1 amide bonds. The van der Waals surface area contributed by atoms with Crippen LogP contribution in [0.15, 0.2) is 18.2 Å². The Hall–Kier alpha value is -1.26. The first-order valence-electron chi connectivity index (χ1n) is 5.43. The van der Waals surface area contributed by atoms with Crippen molar-refractivity contribution < 1.29 is 14.4 Å². The van der Waals surface area contributed by atoms with Crippen molar-refractivity contribution >= 4 is 17.5 Å². The number of carbonyl (C=O) groups is 1. The molecule has 0 saturated carbocycles. The zero-order valence-corrected chi connectivity index (χ0v) is 10.7. The Bertz CT molecular complexity index is 382. The van der Waals surface area contributed by atoms with Gasteiger partial charge in [0.1, 0.15) is 5.75 Å². The third-order valence-corrected chi connectivity index (χ3v) is 2.21. The summed E-state index contributed by atoms with van der Waals surface area (Å²) in [6.45, 7) is 4.33. The molecule has 0 bridgehead atoms. The largest absolute Gasteiger partial charge is 0.492 e. The second-order valence-corrected chi connectivity index (χ2v) is 3.97. The highest BCUT2D eigenvalue weighted by atomic mass is 35.5. The number of nitrogens with one attached hydrogen (secondary N) is 1. The van der Waals surface area contributed by atoms with E-state index in [4.69, 9.17) is 21.2 Å². The van der Waals surface area contributed by atoms with Crippen molar-refractivity contribution in [3.05, 3.63) is 28.8 Å². The standard InChI is InChI=1S/C12H16ClNO3/c1-3-6-16-12-5-4-10(7-11(12)13)8-17-14-9(2)15/h4-5,7H,3,6,8H2,1-2H3,(H,14,15). The molecule has 0 aromatic heterocycles. The molecule has 1 aromatic rings. The third-order valence-electron chi connectivity index (χ3n) is 1.91. The Balaban J connectivity index is 2.52. The van der Waals surface area contributed by atoms with Gasteiger partial charge in [0.15, 0.2) is 0 Å². The molecule has 0 unspecified atom stereocenters. The zero-order valence-electron chi connectivity index (χ0n) is 9.96. The van der Waals surface area contributed by atoms with Crippen LogP contribution in [0.2, 0.25) is 5.02 Å². The van der Waals surface area contributed by atoms with Crippen LogP contribution in [0.3, 0.4) is 0 Å². The molecule has 0 fully saturated rings. The van der Waals surface area contributed by atoms with Crippen LogP contribution < -0.4 is 10.2 Å². The lowest BCUT2D eigenvalue weighted by atomic mass is 10.2. The van der Waals surface area contributed by atoms with Crippen molar-refractivity contribution in [1.29, 1.82) is 0 Å². The minimum absolute atomic E-state index is 0.237. The average Bonchev–Trinajstić information content (AvgIpc) is 2.27. The molecule has 0 saturated heterocycles. The summed E-state index contributed by atoms with van der Waals surface area (Å²) in [7, 11) is 0. The van der Waals surface area contributed by atoms with E-state index in [9.17, 15) is 4.79 Å². The molecule has 1 aromatic carbocycles. The zero-order chi connectivity index (χ0) is 12.7. The molecule has 0 spiro atoms. The van der Waals surface area contributed by atoms with E-state index in [-0.39, 0.29) is 12.5 Å². The minimum Gasteiger partial charge on any atom is -0.492 e. The number of benzene rings is 1. The van der Waals surface area contributed by atoms with Gasteiger partial charge in [-0.05, 0) is 24.1 Å². The summed E-state index contributed by atoms with van der Waals surface area (Å²) in [6, 6.07) is 5.40. The van der Waals surface area contributed by atoms with Gasteiger partial charge >= 0.3 is 0 Å². The number of hydroxylamine groups is 1. The molecule has 1 rings (SSSR count). The second-order valence-electron chi connectivity index (χ2n) is 3.56. The highest BCUT2D eigenvalue weighted by molar-refractivity contribution is 6.32. The molecule has 0 aliphatic carbocycles. The van der Waals surface area contributed by atoms with E-state index < -0.39 is 0 Å². The molecule has 1 N–H and O–H groups in total. The lowest BCUT2D eigenvalue weighted by Gasteiger charge is -2.09. The molecular weight excluding hydrogens is 242 g/mol. The first-order chi connectivity index (χ1) is 8.13. The second kappa shape index (κ2) is 7.14. The lowest BCUT2D eigenvalue weighted by molar-refractivity contribution is -0.132. The number of carbonyl (C=O) groups excluding carboxylic acids is 1. The Morgan fingerprint density at radius 2 is 2.24 bits per heavy atom. The smallest absolute Gasteiger partial charge is 0.240 e. The van der Waals surface area contributed by atoms with Gasteiger partial charge in [0, 0.05) is 6.92 Å². The number of amides is 1. The highest BCUT2D eigenvalue weighted by Crippen LogP contribution is 2.25. The van der Waals surface area contributed by atoms with Gasteiger partial charge in [-0.2, -0.15) is 0 Å². The monoisotopic (exact) mass is 257 g/mol. The van der Waals surface area contributed by atoms with Crippen LogP contribution in [0.4, 0.5) is 0 Å². The predicted octanol–water partition coefficient (Wildman–Crippen LogP) is 2.70. The van der Waals surface area contributed by atoms with Gasteiger partial charge in [0.05, 0.1) is 18.2 Å². The fourth-order valence-electron chi connectivity index (χ4n) is 1.18. The first-order valence-corrected chi connectivity index (χ1v) is 5.81. The Morgan fingerprint density at radius 3 is 2.82 bits per heavy atom. The summed E-state index contributed by atoms with van der Waals surface area (Å²) in [5.41, 5.74) is 3.12. The van der Waals surface area contributed by atoms with Gasteiger partial charge in [0.2, 0.25) is 5.91 Å². The number of rotatable bonds is 6. The number of hydrogen-bond acceptors (Lipinski definition) is 3. The molecule has 0 heterocycles. The van der Waals surface area contributed by atoms with E-state index in [0.29, 0.717) is 17.4 Å². The summed E-state index contributed by atoms with van der Waals surface area (Å²) in [6.07, 6.45) is 0.934. The van der Waals surface area contributed by atoms with Crippen molar-refractivity contribution in [2.24, 2.45) is 0 Å². The SMILES string of the molecule is CCCOc1ccc(CONC(C)=O)cc1Cl. The van der Waals surface area contributed by atoms with Crippen LogP contribution in [-0.4, -0.2) is 12.5 Å². The van der Waals surface area contributed by atoms with Crippen molar-refractivity contribution in [3.8, 4) is 5.75 Å². The number of ether oxygens (including phenoxy) is 1. The van der Waals surface area contributed by atoms with Crippen molar-refractivity contribution in [2.75, 3.05) is 6.61 Å². The Kier molecular flexibility index (Phi) is 5.80. The molecule has 17 heavy (non-hydrogen) atoms. The molecule has 94 valence electrons. The third kappa shape index (κ3) is 5.06. The lowest BCUT2D eigenvalue weighted by Crippen LogP contribution is -2.19. The van der Waals surface area contributed by atoms with Gasteiger partial charge < -0.3 is 4.74 Å². The Morgan fingerprint density at radius 1 is 1.47 bits per heavy atom. The van der Waals surface area contributed by atoms with Crippen LogP contribution in [0.1, 0.15) is 25.8 Å². The molecule has 0 radical (unpaired) electrons.